The minimum atomic E-state index is -2.50. The van der Waals surface area contributed by atoms with Gasteiger partial charge in [0.25, 0.3) is 0 Å². The molecule has 4 N–H and O–H groups in total. The van der Waals surface area contributed by atoms with Crippen molar-refractivity contribution in [1.29, 1.82) is 0 Å². The SMILES string of the molecule is O=C(O)CCC1c2ccc(Br)c(F)c2NC1(C(=O)O)C(=O)O. The quantitative estimate of drug-likeness (QED) is 0.579. The van der Waals surface area contributed by atoms with Crippen LogP contribution in [0, 0.1) is 5.82 Å². The first-order valence-corrected chi connectivity index (χ1v) is 6.95. The van der Waals surface area contributed by atoms with E-state index in [0.717, 1.165) is 0 Å². The van der Waals surface area contributed by atoms with Gasteiger partial charge in [-0.15, -0.1) is 0 Å². The third-order valence-electron chi connectivity index (χ3n) is 3.67. The molecule has 1 aromatic carbocycles. The van der Waals surface area contributed by atoms with E-state index in [9.17, 15) is 29.0 Å². The van der Waals surface area contributed by atoms with Crippen molar-refractivity contribution < 1.29 is 34.1 Å². The first-order valence-electron chi connectivity index (χ1n) is 6.16. The monoisotopic (exact) mass is 375 g/mol. The molecule has 1 aliphatic heterocycles. The van der Waals surface area contributed by atoms with E-state index < -0.39 is 41.6 Å². The standard InChI is InChI=1S/C13H11BrFNO6/c14-7-3-1-5-6(2-4-8(17)18)13(11(19)20,12(21)22)16-10(5)9(7)15/h1,3,6,16H,2,4H2,(H,17,18)(H,19,20)(H,21,22). The van der Waals surface area contributed by atoms with Crippen LogP contribution >= 0.6 is 15.9 Å². The second-order valence-electron chi connectivity index (χ2n) is 4.85. The summed E-state index contributed by atoms with van der Waals surface area (Å²) in [6, 6.07) is 2.71. The zero-order chi connectivity index (χ0) is 16.7. The minimum absolute atomic E-state index is 0.0438. The van der Waals surface area contributed by atoms with Gasteiger partial charge in [-0.1, -0.05) is 6.07 Å². The van der Waals surface area contributed by atoms with Crippen molar-refractivity contribution in [3.8, 4) is 0 Å². The van der Waals surface area contributed by atoms with Crippen LogP contribution in [0.3, 0.4) is 0 Å². The summed E-state index contributed by atoms with van der Waals surface area (Å²) in [5.74, 6) is -6.64. The third kappa shape index (κ3) is 2.31. The Bertz CT molecular complexity index is 663. The van der Waals surface area contributed by atoms with Crippen LogP contribution in [-0.2, 0) is 14.4 Å². The molecule has 118 valence electrons. The fraction of sp³-hybridized carbons (Fsp3) is 0.308. The molecular formula is C13H11BrFNO6. The molecule has 0 radical (unpaired) electrons. The molecule has 0 bridgehead atoms. The molecule has 1 aliphatic rings. The lowest BCUT2D eigenvalue weighted by molar-refractivity contribution is -0.157. The van der Waals surface area contributed by atoms with E-state index >= 15 is 0 Å². The summed E-state index contributed by atoms with van der Waals surface area (Å²) in [5, 5.41) is 29.8. The highest BCUT2D eigenvalue weighted by Crippen LogP contribution is 2.48. The number of anilines is 1. The molecule has 1 aromatic rings. The summed E-state index contributed by atoms with van der Waals surface area (Å²) in [6.45, 7) is 0. The fourth-order valence-electron chi connectivity index (χ4n) is 2.64. The summed E-state index contributed by atoms with van der Waals surface area (Å²) < 4.78 is 14.2. The number of benzene rings is 1. The Morgan fingerprint density at radius 3 is 2.32 bits per heavy atom. The molecule has 0 spiro atoms. The second kappa shape index (κ2) is 5.56. The summed E-state index contributed by atoms with van der Waals surface area (Å²) in [7, 11) is 0. The van der Waals surface area contributed by atoms with Gasteiger partial charge in [-0.2, -0.15) is 0 Å². The van der Waals surface area contributed by atoms with Gasteiger partial charge in [0.05, 0.1) is 10.2 Å². The third-order valence-corrected chi connectivity index (χ3v) is 4.28. The van der Waals surface area contributed by atoms with Gasteiger partial charge >= 0.3 is 17.9 Å². The van der Waals surface area contributed by atoms with E-state index in [0.29, 0.717) is 0 Å². The molecule has 0 saturated carbocycles. The van der Waals surface area contributed by atoms with Crippen molar-refractivity contribution in [2.75, 3.05) is 5.32 Å². The normalized spacial score (nSPS) is 18.4. The first kappa shape index (κ1) is 16.2. The van der Waals surface area contributed by atoms with Gasteiger partial charge in [0.15, 0.2) is 5.82 Å². The summed E-state index contributed by atoms with van der Waals surface area (Å²) in [4.78, 5) is 33.9. The Morgan fingerprint density at radius 1 is 1.23 bits per heavy atom. The van der Waals surface area contributed by atoms with Gasteiger partial charge in [-0.25, -0.2) is 14.0 Å². The predicted octanol–water partition coefficient (Wildman–Crippen LogP) is 1.87. The van der Waals surface area contributed by atoms with Crippen LogP contribution in [0.25, 0.3) is 0 Å². The van der Waals surface area contributed by atoms with Crippen LogP contribution in [0.4, 0.5) is 10.1 Å². The molecule has 0 amide bonds. The highest BCUT2D eigenvalue weighted by molar-refractivity contribution is 9.10. The number of carboxylic acids is 3. The van der Waals surface area contributed by atoms with Gasteiger partial charge in [0.1, 0.15) is 0 Å². The minimum Gasteiger partial charge on any atom is -0.481 e. The number of aliphatic carboxylic acids is 3. The summed E-state index contributed by atoms with van der Waals surface area (Å²) in [6.07, 6.45) is -0.694. The molecule has 0 aromatic heterocycles. The van der Waals surface area contributed by atoms with Crippen LogP contribution in [0.5, 0.6) is 0 Å². The zero-order valence-electron chi connectivity index (χ0n) is 11.0. The molecule has 2 rings (SSSR count). The maximum atomic E-state index is 14.1. The lowest BCUT2D eigenvalue weighted by atomic mass is 9.79. The average molecular weight is 376 g/mol. The number of carboxylic acid groups (broad SMARTS) is 3. The maximum absolute atomic E-state index is 14.1. The van der Waals surface area contributed by atoms with E-state index in [-0.39, 0.29) is 22.1 Å². The lowest BCUT2D eigenvalue weighted by Crippen LogP contribution is -2.54. The van der Waals surface area contributed by atoms with E-state index in [4.69, 9.17) is 5.11 Å². The molecular weight excluding hydrogens is 365 g/mol. The van der Waals surface area contributed by atoms with Gasteiger partial charge in [0.2, 0.25) is 5.54 Å². The highest BCUT2D eigenvalue weighted by atomic mass is 79.9. The zero-order valence-corrected chi connectivity index (χ0v) is 12.6. The van der Waals surface area contributed by atoms with Crippen LogP contribution in [0.1, 0.15) is 24.3 Å². The molecule has 1 heterocycles. The lowest BCUT2D eigenvalue weighted by Gasteiger charge is -2.27. The van der Waals surface area contributed by atoms with Crippen LogP contribution in [0.15, 0.2) is 16.6 Å². The Balaban J connectivity index is 2.61. The number of hydrogen-bond acceptors (Lipinski definition) is 4. The van der Waals surface area contributed by atoms with Gasteiger partial charge in [-0.05, 0) is 34.0 Å². The largest absolute Gasteiger partial charge is 0.481 e. The van der Waals surface area contributed by atoms with Gasteiger partial charge in [0, 0.05) is 12.3 Å². The van der Waals surface area contributed by atoms with Crippen LogP contribution < -0.4 is 5.32 Å². The molecule has 0 aliphatic carbocycles. The van der Waals surface area contributed by atoms with Crippen LogP contribution in [-0.4, -0.2) is 38.8 Å². The van der Waals surface area contributed by atoms with E-state index in [2.05, 4.69) is 21.2 Å². The predicted molar refractivity (Wildman–Crippen MR) is 75.3 cm³/mol. The Hall–Kier alpha value is -2.16. The van der Waals surface area contributed by atoms with Gasteiger partial charge < -0.3 is 20.6 Å². The fourth-order valence-corrected chi connectivity index (χ4v) is 2.97. The van der Waals surface area contributed by atoms with Crippen molar-refractivity contribution in [3.05, 3.63) is 28.0 Å². The van der Waals surface area contributed by atoms with Crippen molar-refractivity contribution in [1.82, 2.24) is 0 Å². The molecule has 22 heavy (non-hydrogen) atoms. The number of carbonyl (C=O) groups is 3. The number of fused-ring (bicyclic) bond motifs is 1. The smallest absolute Gasteiger partial charge is 0.341 e. The summed E-state index contributed by atoms with van der Waals surface area (Å²) in [5.41, 5.74) is -2.61. The van der Waals surface area contributed by atoms with E-state index in [1.165, 1.54) is 12.1 Å². The molecule has 7 nitrogen and oxygen atoms in total. The maximum Gasteiger partial charge on any atom is 0.341 e. The number of nitrogens with one attached hydrogen (secondary N) is 1. The van der Waals surface area contributed by atoms with Crippen molar-refractivity contribution in [2.24, 2.45) is 0 Å². The van der Waals surface area contributed by atoms with Crippen molar-refractivity contribution in [3.63, 3.8) is 0 Å². The topological polar surface area (TPSA) is 124 Å². The highest BCUT2D eigenvalue weighted by Gasteiger charge is 2.59. The second-order valence-corrected chi connectivity index (χ2v) is 5.71. The van der Waals surface area contributed by atoms with Crippen LogP contribution in [0.2, 0.25) is 0 Å². The number of rotatable bonds is 5. The van der Waals surface area contributed by atoms with Crippen molar-refractivity contribution >= 4 is 39.5 Å². The number of hydrogen-bond donors (Lipinski definition) is 4. The Morgan fingerprint density at radius 2 is 1.82 bits per heavy atom. The first-order chi connectivity index (χ1) is 10.2. The summed E-state index contributed by atoms with van der Waals surface area (Å²) >= 11 is 2.94. The molecule has 0 saturated heterocycles. The molecule has 1 unspecified atom stereocenters. The van der Waals surface area contributed by atoms with E-state index in [1.807, 2.05) is 0 Å². The Labute approximate surface area is 131 Å². The molecule has 1 atom stereocenters. The Kier molecular flexibility index (Phi) is 4.10. The number of halogens is 2. The van der Waals surface area contributed by atoms with Crippen molar-refractivity contribution in [2.45, 2.75) is 24.3 Å². The average Bonchev–Trinajstić information content (AvgIpc) is 2.77. The molecule has 0 fully saturated rings. The van der Waals surface area contributed by atoms with E-state index in [1.54, 1.807) is 0 Å². The molecule has 9 heteroatoms. The van der Waals surface area contributed by atoms with Gasteiger partial charge in [-0.3, -0.25) is 4.79 Å².